The number of hydrogen-bond acceptors (Lipinski definition) is 2. The lowest BCUT2D eigenvalue weighted by atomic mass is 10.1. The summed E-state index contributed by atoms with van der Waals surface area (Å²) < 4.78 is 13.1. The molecule has 2 aromatic carbocycles. The fourth-order valence-corrected chi connectivity index (χ4v) is 3.98. The minimum absolute atomic E-state index is 0.0654. The lowest BCUT2D eigenvalue weighted by Crippen LogP contribution is -2.34. The first kappa shape index (κ1) is 15.9. The van der Waals surface area contributed by atoms with Gasteiger partial charge in [0, 0.05) is 18.0 Å². The summed E-state index contributed by atoms with van der Waals surface area (Å²) in [4.78, 5) is 14.5. The molecule has 0 spiro atoms. The predicted octanol–water partition coefficient (Wildman–Crippen LogP) is 4.67. The first-order valence-electron chi connectivity index (χ1n) is 7.71. The number of carbonyl (C=O) groups is 1. The molecule has 2 amide bonds. The van der Waals surface area contributed by atoms with Gasteiger partial charge in [0.05, 0.1) is 0 Å². The molecule has 0 radical (unpaired) electrons. The molecule has 0 saturated carbocycles. The molecule has 0 unspecified atom stereocenters. The molecule has 1 aliphatic heterocycles. The van der Waals surface area contributed by atoms with Gasteiger partial charge in [0.2, 0.25) is 0 Å². The van der Waals surface area contributed by atoms with Crippen molar-refractivity contribution in [3.63, 3.8) is 0 Å². The summed E-state index contributed by atoms with van der Waals surface area (Å²) in [7, 11) is 0. The average molecular weight is 330 g/mol. The Hall–Kier alpha value is -2.01. The second kappa shape index (κ2) is 7.04. The number of nitrogens with one attached hydrogen (secondary N) is 1. The van der Waals surface area contributed by atoms with Gasteiger partial charge in [0.1, 0.15) is 11.2 Å². The molecular weight excluding hydrogens is 311 g/mol. The molecule has 0 aliphatic carbocycles. The van der Waals surface area contributed by atoms with E-state index in [9.17, 15) is 9.18 Å². The number of halogens is 1. The second-order valence-electron chi connectivity index (χ2n) is 5.41. The van der Waals surface area contributed by atoms with Crippen LogP contribution < -0.4 is 5.32 Å². The number of nitrogens with zero attached hydrogens (tertiary/aromatic N) is 1. The maximum Gasteiger partial charge on any atom is 0.323 e. The molecular formula is C18H19FN2OS. The van der Waals surface area contributed by atoms with E-state index in [1.807, 2.05) is 29.2 Å². The smallest absolute Gasteiger partial charge is 0.308 e. The highest BCUT2D eigenvalue weighted by Gasteiger charge is 2.30. The molecule has 1 heterocycles. The largest absolute Gasteiger partial charge is 0.323 e. The van der Waals surface area contributed by atoms with E-state index < -0.39 is 0 Å². The van der Waals surface area contributed by atoms with Crippen LogP contribution in [0.2, 0.25) is 0 Å². The number of para-hydroxylation sites is 1. The summed E-state index contributed by atoms with van der Waals surface area (Å²) in [5.41, 5.74) is 2.92. The SMILES string of the molecule is CCc1ccccc1NC(=O)N1CCS[C@@H]1c1ccc(F)cc1. The molecule has 2 aromatic rings. The lowest BCUT2D eigenvalue weighted by Gasteiger charge is -2.25. The molecule has 3 rings (SSSR count). The molecule has 120 valence electrons. The zero-order chi connectivity index (χ0) is 16.2. The quantitative estimate of drug-likeness (QED) is 0.887. The summed E-state index contributed by atoms with van der Waals surface area (Å²) in [5.74, 6) is 0.620. The number of amides is 2. The fourth-order valence-electron chi connectivity index (χ4n) is 2.72. The van der Waals surface area contributed by atoms with Crippen molar-refractivity contribution in [2.45, 2.75) is 18.7 Å². The van der Waals surface area contributed by atoms with Crippen LogP contribution in [0.1, 0.15) is 23.4 Å². The number of anilines is 1. The number of urea groups is 1. The van der Waals surface area contributed by atoms with E-state index in [0.717, 1.165) is 29.0 Å². The fraction of sp³-hybridized carbons (Fsp3) is 0.278. The van der Waals surface area contributed by atoms with Gasteiger partial charge >= 0.3 is 6.03 Å². The van der Waals surface area contributed by atoms with Crippen molar-refractivity contribution in [1.82, 2.24) is 4.90 Å². The van der Waals surface area contributed by atoms with Crippen LogP contribution in [0.15, 0.2) is 48.5 Å². The van der Waals surface area contributed by atoms with Crippen LogP contribution in [-0.2, 0) is 6.42 Å². The highest BCUT2D eigenvalue weighted by Crippen LogP contribution is 2.38. The van der Waals surface area contributed by atoms with Crippen molar-refractivity contribution in [3.05, 3.63) is 65.5 Å². The number of aryl methyl sites for hydroxylation is 1. The summed E-state index contributed by atoms with van der Waals surface area (Å²) in [5, 5.41) is 2.95. The van der Waals surface area contributed by atoms with Crippen molar-refractivity contribution in [1.29, 1.82) is 0 Å². The normalized spacial score (nSPS) is 17.3. The third-order valence-corrected chi connectivity index (χ3v) is 5.21. The molecule has 1 atom stereocenters. The second-order valence-corrected chi connectivity index (χ2v) is 6.60. The molecule has 1 saturated heterocycles. The molecule has 0 bridgehead atoms. The molecule has 1 aliphatic rings. The van der Waals surface area contributed by atoms with Crippen LogP contribution in [0.5, 0.6) is 0 Å². The number of rotatable bonds is 3. The predicted molar refractivity (Wildman–Crippen MR) is 93.1 cm³/mol. The number of thioether (sulfide) groups is 1. The Balaban J connectivity index is 1.77. The van der Waals surface area contributed by atoms with Crippen LogP contribution in [0.3, 0.4) is 0 Å². The van der Waals surface area contributed by atoms with Crippen molar-refractivity contribution in [2.24, 2.45) is 0 Å². The van der Waals surface area contributed by atoms with Crippen molar-refractivity contribution in [2.75, 3.05) is 17.6 Å². The Morgan fingerprint density at radius 2 is 2.00 bits per heavy atom. The van der Waals surface area contributed by atoms with Gasteiger partial charge in [-0.3, -0.25) is 0 Å². The van der Waals surface area contributed by atoms with Crippen LogP contribution in [0, 0.1) is 5.82 Å². The Bertz CT molecular complexity index is 690. The summed E-state index contributed by atoms with van der Waals surface area (Å²) in [6.07, 6.45) is 0.868. The molecule has 1 N–H and O–H groups in total. The van der Waals surface area contributed by atoms with Gasteiger partial charge in [-0.15, -0.1) is 11.8 Å². The van der Waals surface area contributed by atoms with Crippen molar-refractivity contribution in [3.8, 4) is 0 Å². The molecule has 0 aromatic heterocycles. The van der Waals surface area contributed by atoms with Gasteiger partial charge < -0.3 is 10.2 Å². The minimum Gasteiger partial charge on any atom is -0.308 e. The first-order valence-corrected chi connectivity index (χ1v) is 8.76. The third kappa shape index (κ3) is 3.50. The number of carbonyl (C=O) groups excluding carboxylic acids is 1. The first-order chi connectivity index (χ1) is 11.2. The maximum absolute atomic E-state index is 13.1. The third-order valence-electron chi connectivity index (χ3n) is 3.95. The Kier molecular flexibility index (Phi) is 4.86. The van der Waals surface area contributed by atoms with Gasteiger partial charge in [0.15, 0.2) is 0 Å². The van der Waals surface area contributed by atoms with Crippen molar-refractivity contribution < 1.29 is 9.18 Å². The van der Waals surface area contributed by atoms with Gasteiger partial charge in [0.25, 0.3) is 0 Å². The molecule has 1 fully saturated rings. The van der Waals surface area contributed by atoms with E-state index in [1.54, 1.807) is 23.9 Å². The summed E-state index contributed by atoms with van der Waals surface area (Å²) in [6, 6.07) is 14.1. The van der Waals surface area contributed by atoms with Crippen LogP contribution in [-0.4, -0.2) is 23.2 Å². The Morgan fingerprint density at radius 3 is 2.74 bits per heavy atom. The maximum atomic E-state index is 13.1. The van der Waals surface area contributed by atoms with E-state index in [2.05, 4.69) is 12.2 Å². The topological polar surface area (TPSA) is 32.3 Å². The van der Waals surface area contributed by atoms with Crippen LogP contribution in [0.25, 0.3) is 0 Å². The number of benzene rings is 2. The van der Waals surface area contributed by atoms with Gasteiger partial charge in [-0.05, 0) is 35.7 Å². The van der Waals surface area contributed by atoms with E-state index in [0.29, 0.717) is 6.54 Å². The summed E-state index contributed by atoms with van der Waals surface area (Å²) >= 11 is 1.70. The summed E-state index contributed by atoms with van der Waals surface area (Å²) in [6.45, 7) is 2.75. The highest BCUT2D eigenvalue weighted by atomic mass is 32.2. The van der Waals surface area contributed by atoms with Crippen LogP contribution in [0.4, 0.5) is 14.9 Å². The van der Waals surface area contributed by atoms with Gasteiger partial charge in [-0.1, -0.05) is 37.3 Å². The minimum atomic E-state index is -0.260. The van der Waals surface area contributed by atoms with Gasteiger partial charge in [-0.25, -0.2) is 9.18 Å². The zero-order valence-corrected chi connectivity index (χ0v) is 13.8. The Labute approximate surface area is 139 Å². The number of hydrogen-bond donors (Lipinski definition) is 1. The highest BCUT2D eigenvalue weighted by molar-refractivity contribution is 7.99. The average Bonchev–Trinajstić information content (AvgIpc) is 3.06. The zero-order valence-electron chi connectivity index (χ0n) is 13.0. The van der Waals surface area contributed by atoms with E-state index in [4.69, 9.17) is 0 Å². The Morgan fingerprint density at radius 1 is 1.26 bits per heavy atom. The molecule has 3 nitrogen and oxygen atoms in total. The monoisotopic (exact) mass is 330 g/mol. The van der Waals surface area contributed by atoms with Crippen LogP contribution >= 0.6 is 11.8 Å². The standard InChI is InChI=1S/C18H19FN2OS/c1-2-13-5-3-4-6-16(13)20-18(22)21-11-12-23-17(21)14-7-9-15(19)10-8-14/h3-10,17H,2,11-12H2,1H3,(H,20,22)/t17-/m1/s1. The molecule has 23 heavy (non-hydrogen) atoms. The van der Waals surface area contributed by atoms with E-state index in [-0.39, 0.29) is 17.2 Å². The van der Waals surface area contributed by atoms with Gasteiger partial charge in [-0.2, -0.15) is 0 Å². The molecule has 5 heteroatoms. The lowest BCUT2D eigenvalue weighted by molar-refractivity contribution is 0.214. The van der Waals surface area contributed by atoms with E-state index in [1.165, 1.54) is 12.1 Å². The van der Waals surface area contributed by atoms with E-state index >= 15 is 0 Å². The van der Waals surface area contributed by atoms with Crippen molar-refractivity contribution >= 4 is 23.5 Å².